The number of hydrogen-bond acceptors (Lipinski definition) is 4. The number of fused-ring (bicyclic) bond motifs is 5. The lowest BCUT2D eigenvalue weighted by atomic mass is 10.1. The molecule has 0 saturated heterocycles. The van der Waals surface area contributed by atoms with E-state index in [4.69, 9.17) is 5.41 Å². The molecule has 0 atom stereocenters. The fourth-order valence-corrected chi connectivity index (χ4v) is 4.08. The number of thiazole rings is 1. The molecule has 1 N–H and O–H groups in total. The Balaban J connectivity index is 2.44. The number of para-hydroxylation sites is 1. The molecule has 4 rings (SSSR count). The number of aryl methyl sites for hydroxylation is 1. The molecular weight excluding hydrogens is 294 g/mol. The monoisotopic (exact) mass is 307 g/mol. The summed E-state index contributed by atoms with van der Waals surface area (Å²) in [7, 11) is 0. The first kappa shape index (κ1) is 13.2. The van der Waals surface area contributed by atoms with E-state index < -0.39 is 0 Å². The maximum atomic E-state index is 12.1. The Morgan fingerprint density at radius 1 is 1.23 bits per heavy atom. The van der Waals surface area contributed by atoms with E-state index >= 15 is 0 Å². The lowest BCUT2D eigenvalue weighted by Crippen LogP contribution is -2.16. The molecule has 0 bridgehead atoms. The number of pyridine rings is 2. The molecule has 0 saturated carbocycles. The van der Waals surface area contributed by atoms with Crippen molar-refractivity contribution in [3.8, 4) is 0 Å². The Morgan fingerprint density at radius 2 is 2.00 bits per heavy atom. The van der Waals surface area contributed by atoms with Crippen LogP contribution in [0.25, 0.3) is 26.1 Å². The molecule has 0 fully saturated rings. The molecule has 0 aliphatic rings. The summed E-state index contributed by atoms with van der Waals surface area (Å²) >= 11 is 1.53. The molecular formula is C17H13N3OS. The Kier molecular flexibility index (Phi) is 2.68. The first-order chi connectivity index (χ1) is 10.6. The molecule has 5 heteroatoms. The molecule has 3 aromatic heterocycles. The van der Waals surface area contributed by atoms with Gasteiger partial charge < -0.3 is 0 Å². The van der Waals surface area contributed by atoms with E-state index in [2.05, 4.69) is 4.98 Å². The van der Waals surface area contributed by atoms with Crippen LogP contribution in [0.15, 0.2) is 36.4 Å². The Labute approximate surface area is 130 Å². The zero-order chi connectivity index (χ0) is 15.4. The lowest BCUT2D eigenvalue weighted by Gasteiger charge is -2.08. The summed E-state index contributed by atoms with van der Waals surface area (Å²) in [6.45, 7) is 3.45. The van der Waals surface area contributed by atoms with Crippen molar-refractivity contribution < 1.29 is 4.79 Å². The standard InChI is InChI=1S/C17H13N3OS/c1-9-7-8-11-15(18)14(10(2)21)17-20(16(11)19-9)12-5-3-4-6-13(12)22-17/h3-8,18H,1-2H3. The van der Waals surface area contributed by atoms with Crippen molar-refractivity contribution in [2.45, 2.75) is 13.8 Å². The molecule has 0 amide bonds. The molecule has 0 aliphatic carbocycles. The summed E-state index contributed by atoms with van der Waals surface area (Å²) in [5.74, 6) is -0.0865. The Bertz CT molecular complexity index is 1140. The van der Waals surface area contributed by atoms with Crippen molar-refractivity contribution in [1.82, 2.24) is 9.38 Å². The fraction of sp³-hybridized carbons (Fsp3) is 0.118. The summed E-state index contributed by atoms with van der Waals surface area (Å²) in [6.07, 6.45) is 0. The second-order valence-corrected chi connectivity index (χ2v) is 6.37. The third-order valence-corrected chi connectivity index (χ3v) is 4.97. The average molecular weight is 307 g/mol. The minimum Gasteiger partial charge on any atom is -0.299 e. The number of nitrogens with one attached hydrogen (secondary N) is 1. The van der Waals surface area contributed by atoms with E-state index in [0.717, 1.165) is 26.4 Å². The minimum atomic E-state index is -0.0865. The van der Waals surface area contributed by atoms with Gasteiger partial charge in [-0.05, 0) is 38.1 Å². The number of rotatable bonds is 1. The van der Waals surface area contributed by atoms with Gasteiger partial charge in [0.05, 0.1) is 21.1 Å². The van der Waals surface area contributed by atoms with E-state index in [9.17, 15) is 4.79 Å². The van der Waals surface area contributed by atoms with Gasteiger partial charge in [-0.1, -0.05) is 12.1 Å². The quantitative estimate of drug-likeness (QED) is 0.545. The molecule has 0 aliphatic heterocycles. The van der Waals surface area contributed by atoms with Crippen LogP contribution in [-0.2, 0) is 0 Å². The molecule has 0 unspecified atom stereocenters. The highest BCUT2D eigenvalue weighted by atomic mass is 32.1. The zero-order valence-corrected chi connectivity index (χ0v) is 13.0. The van der Waals surface area contributed by atoms with Gasteiger partial charge in [0.1, 0.15) is 10.5 Å². The number of benzene rings is 1. The SMILES string of the molecule is CC(=O)c1c(=N)c2ccc(C)nc2n2c1sc1ccccc12. The summed E-state index contributed by atoms with van der Waals surface area (Å²) in [5.41, 5.74) is 3.13. The van der Waals surface area contributed by atoms with E-state index in [1.54, 1.807) is 0 Å². The molecule has 108 valence electrons. The van der Waals surface area contributed by atoms with Gasteiger partial charge in [-0.25, -0.2) is 4.98 Å². The second kappa shape index (κ2) is 4.48. The number of nitrogens with zero attached hydrogens (tertiary/aromatic N) is 2. The molecule has 1 aromatic carbocycles. The number of carbonyl (C=O) groups excluding carboxylic acids is 1. The van der Waals surface area contributed by atoms with Crippen LogP contribution in [0.5, 0.6) is 0 Å². The summed E-state index contributed by atoms with van der Waals surface area (Å²) in [5, 5.41) is 9.40. The van der Waals surface area contributed by atoms with Crippen LogP contribution in [0.2, 0.25) is 0 Å². The zero-order valence-electron chi connectivity index (χ0n) is 12.2. The topological polar surface area (TPSA) is 58.2 Å². The Morgan fingerprint density at radius 3 is 2.77 bits per heavy atom. The van der Waals surface area contributed by atoms with Crippen molar-refractivity contribution in [2.75, 3.05) is 0 Å². The minimum absolute atomic E-state index is 0.0865. The van der Waals surface area contributed by atoms with Crippen LogP contribution >= 0.6 is 11.3 Å². The normalized spacial score (nSPS) is 11.5. The number of hydrogen-bond donors (Lipinski definition) is 1. The van der Waals surface area contributed by atoms with E-state index in [-0.39, 0.29) is 11.1 Å². The maximum Gasteiger partial charge on any atom is 0.164 e. The van der Waals surface area contributed by atoms with Crippen molar-refractivity contribution in [3.63, 3.8) is 0 Å². The highest BCUT2D eigenvalue weighted by Crippen LogP contribution is 2.30. The predicted octanol–water partition coefficient (Wildman–Crippen LogP) is 3.69. The number of carbonyl (C=O) groups is 1. The van der Waals surface area contributed by atoms with Gasteiger partial charge in [-0.2, -0.15) is 0 Å². The Hall–Kier alpha value is -2.53. The van der Waals surface area contributed by atoms with Gasteiger partial charge in [0.15, 0.2) is 5.78 Å². The van der Waals surface area contributed by atoms with Crippen LogP contribution < -0.4 is 5.36 Å². The number of ketones is 1. The number of Topliss-reactive ketones (excluding diaryl/α,β-unsaturated/α-hetero) is 1. The number of aromatic nitrogens is 2. The van der Waals surface area contributed by atoms with Crippen molar-refractivity contribution in [2.24, 2.45) is 0 Å². The summed E-state index contributed by atoms with van der Waals surface area (Å²) in [4.78, 5) is 17.5. The molecule has 0 radical (unpaired) electrons. The molecule has 4 aromatic rings. The van der Waals surface area contributed by atoms with Crippen LogP contribution in [0, 0.1) is 12.3 Å². The van der Waals surface area contributed by atoms with Crippen LogP contribution in [0.4, 0.5) is 0 Å². The second-order valence-electron chi connectivity index (χ2n) is 5.34. The first-order valence-electron chi connectivity index (χ1n) is 6.97. The van der Waals surface area contributed by atoms with Gasteiger partial charge >= 0.3 is 0 Å². The third kappa shape index (κ3) is 1.66. The smallest absolute Gasteiger partial charge is 0.164 e. The van der Waals surface area contributed by atoms with Gasteiger partial charge in [-0.3, -0.25) is 14.6 Å². The molecule has 3 heterocycles. The highest BCUT2D eigenvalue weighted by Gasteiger charge is 2.18. The molecule has 22 heavy (non-hydrogen) atoms. The van der Waals surface area contributed by atoms with Gasteiger partial charge in [0.2, 0.25) is 0 Å². The fourth-order valence-electron chi connectivity index (χ4n) is 2.84. The van der Waals surface area contributed by atoms with Crippen molar-refractivity contribution in [1.29, 1.82) is 5.41 Å². The van der Waals surface area contributed by atoms with Gasteiger partial charge in [0, 0.05) is 11.1 Å². The van der Waals surface area contributed by atoms with E-state index in [1.807, 2.05) is 47.7 Å². The van der Waals surface area contributed by atoms with Gasteiger partial charge in [-0.15, -0.1) is 11.3 Å². The lowest BCUT2D eigenvalue weighted by molar-refractivity contribution is 0.101. The largest absolute Gasteiger partial charge is 0.299 e. The molecule has 4 nitrogen and oxygen atoms in total. The van der Waals surface area contributed by atoms with Crippen LogP contribution in [0.1, 0.15) is 23.0 Å². The van der Waals surface area contributed by atoms with Crippen LogP contribution in [0.3, 0.4) is 0 Å². The highest BCUT2D eigenvalue weighted by molar-refractivity contribution is 7.24. The summed E-state index contributed by atoms with van der Waals surface area (Å²) in [6, 6.07) is 11.8. The summed E-state index contributed by atoms with van der Waals surface area (Å²) < 4.78 is 3.09. The van der Waals surface area contributed by atoms with Crippen molar-refractivity contribution in [3.05, 3.63) is 53.0 Å². The van der Waals surface area contributed by atoms with Gasteiger partial charge in [0.25, 0.3) is 0 Å². The molecule has 0 spiro atoms. The first-order valence-corrected chi connectivity index (χ1v) is 7.78. The maximum absolute atomic E-state index is 12.1. The van der Waals surface area contributed by atoms with E-state index in [1.165, 1.54) is 18.3 Å². The average Bonchev–Trinajstić information content (AvgIpc) is 2.85. The van der Waals surface area contributed by atoms with Crippen LogP contribution in [-0.4, -0.2) is 15.2 Å². The predicted molar refractivity (Wildman–Crippen MR) is 88.7 cm³/mol. The third-order valence-electron chi connectivity index (χ3n) is 3.83. The van der Waals surface area contributed by atoms with E-state index in [0.29, 0.717) is 10.9 Å². The van der Waals surface area contributed by atoms with Crippen molar-refractivity contribution >= 4 is 43.2 Å².